The number of aliphatic hydroxyl groups excluding tert-OH is 1. The van der Waals surface area contributed by atoms with Gasteiger partial charge in [0.15, 0.2) is 0 Å². The van der Waals surface area contributed by atoms with Gasteiger partial charge in [-0.1, -0.05) is 6.07 Å². The van der Waals surface area contributed by atoms with Crippen LogP contribution in [0.1, 0.15) is 12.0 Å². The van der Waals surface area contributed by atoms with Crippen LogP contribution in [0.15, 0.2) is 18.3 Å². The molecule has 0 spiro atoms. The average Bonchev–Trinajstić information content (AvgIpc) is 2.74. The molecule has 1 aliphatic heterocycles. The molecule has 0 aliphatic carbocycles. The number of hydrogen-bond donors (Lipinski definition) is 1. The molecular formula is C11H15NO3. The van der Waals surface area contributed by atoms with Crippen LogP contribution in [0, 0.1) is 0 Å². The van der Waals surface area contributed by atoms with Gasteiger partial charge in [-0.05, 0) is 12.0 Å². The van der Waals surface area contributed by atoms with Crippen molar-refractivity contribution in [2.75, 3.05) is 19.8 Å². The second kappa shape index (κ2) is 5.09. The fraction of sp³-hybridized carbons (Fsp3) is 0.545. The highest BCUT2D eigenvalue weighted by molar-refractivity contribution is 5.18. The van der Waals surface area contributed by atoms with E-state index in [9.17, 15) is 0 Å². The summed E-state index contributed by atoms with van der Waals surface area (Å²) in [6.07, 6.45) is 3.45. The maximum Gasteiger partial charge on any atom is 0.213 e. The molecular weight excluding hydrogens is 194 g/mol. The molecule has 1 aliphatic rings. The lowest BCUT2D eigenvalue weighted by Gasteiger charge is -2.10. The molecule has 82 valence electrons. The first-order valence-electron chi connectivity index (χ1n) is 5.18. The molecule has 0 radical (unpaired) electrons. The van der Waals surface area contributed by atoms with Crippen LogP contribution in [0.3, 0.4) is 0 Å². The van der Waals surface area contributed by atoms with Gasteiger partial charge in [0.05, 0.1) is 13.2 Å². The Morgan fingerprint density at radius 1 is 1.53 bits per heavy atom. The van der Waals surface area contributed by atoms with E-state index in [2.05, 4.69) is 4.98 Å². The highest BCUT2D eigenvalue weighted by Crippen LogP contribution is 2.14. The number of ether oxygens (including phenoxy) is 2. The van der Waals surface area contributed by atoms with E-state index in [4.69, 9.17) is 14.6 Å². The van der Waals surface area contributed by atoms with Crippen molar-refractivity contribution < 1.29 is 14.6 Å². The van der Waals surface area contributed by atoms with Crippen LogP contribution in [0.2, 0.25) is 0 Å². The van der Waals surface area contributed by atoms with E-state index in [0.29, 0.717) is 18.9 Å². The van der Waals surface area contributed by atoms with Crippen LogP contribution in [-0.4, -0.2) is 36.0 Å². The minimum Gasteiger partial charge on any atom is -0.472 e. The summed E-state index contributed by atoms with van der Waals surface area (Å²) in [5.74, 6) is 0.632. The van der Waals surface area contributed by atoms with Crippen molar-refractivity contribution in [2.24, 2.45) is 0 Å². The monoisotopic (exact) mass is 209 g/mol. The summed E-state index contributed by atoms with van der Waals surface area (Å²) in [5, 5.41) is 8.74. The zero-order valence-electron chi connectivity index (χ0n) is 8.56. The fourth-order valence-electron chi connectivity index (χ4n) is 1.53. The third-order valence-electron chi connectivity index (χ3n) is 2.37. The highest BCUT2D eigenvalue weighted by Gasteiger charge is 2.17. The summed E-state index contributed by atoms with van der Waals surface area (Å²) in [4.78, 5) is 4.17. The van der Waals surface area contributed by atoms with E-state index < -0.39 is 0 Å². The van der Waals surface area contributed by atoms with Gasteiger partial charge < -0.3 is 14.6 Å². The second-order valence-corrected chi connectivity index (χ2v) is 3.58. The molecule has 4 heteroatoms. The summed E-state index contributed by atoms with van der Waals surface area (Å²) >= 11 is 0. The van der Waals surface area contributed by atoms with Gasteiger partial charge in [-0.3, -0.25) is 0 Å². The van der Waals surface area contributed by atoms with Crippen molar-refractivity contribution in [2.45, 2.75) is 18.9 Å². The first-order chi connectivity index (χ1) is 7.38. The van der Waals surface area contributed by atoms with Gasteiger partial charge in [-0.15, -0.1) is 0 Å². The van der Waals surface area contributed by atoms with Crippen LogP contribution in [0.5, 0.6) is 5.88 Å². The third kappa shape index (κ3) is 2.91. The first kappa shape index (κ1) is 10.4. The van der Waals surface area contributed by atoms with Gasteiger partial charge in [0.2, 0.25) is 5.88 Å². The number of hydrogen-bond acceptors (Lipinski definition) is 4. The Balaban J connectivity index is 1.91. The van der Waals surface area contributed by atoms with Crippen LogP contribution in [0.4, 0.5) is 0 Å². The molecule has 1 saturated heterocycles. The lowest BCUT2D eigenvalue weighted by Crippen LogP contribution is -2.16. The van der Waals surface area contributed by atoms with Gasteiger partial charge in [-0.2, -0.15) is 0 Å². The maximum absolute atomic E-state index is 8.74. The van der Waals surface area contributed by atoms with E-state index in [-0.39, 0.29) is 12.7 Å². The molecule has 1 aromatic rings. The molecule has 0 bridgehead atoms. The topological polar surface area (TPSA) is 51.6 Å². The molecule has 2 heterocycles. The van der Waals surface area contributed by atoms with Gasteiger partial charge in [-0.25, -0.2) is 4.98 Å². The zero-order valence-corrected chi connectivity index (χ0v) is 8.56. The van der Waals surface area contributed by atoms with Crippen LogP contribution in [-0.2, 0) is 11.2 Å². The maximum atomic E-state index is 8.74. The summed E-state index contributed by atoms with van der Waals surface area (Å²) in [6.45, 7) is 1.58. The standard InChI is InChI=1S/C11H15NO3/c13-5-3-9-1-2-11(12-7-9)15-10-4-6-14-8-10/h1-2,7,10,13H,3-6,8H2/t10-/m1/s1. The highest BCUT2D eigenvalue weighted by atomic mass is 16.5. The zero-order chi connectivity index (χ0) is 10.5. The fourth-order valence-corrected chi connectivity index (χ4v) is 1.53. The number of nitrogens with zero attached hydrogens (tertiary/aromatic N) is 1. The smallest absolute Gasteiger partial charge is 0.213 e. The molecule has 1 aromatic heterocycles. The molecule has 0 aromatic carbocycles. The molecule has 4 nitrogen and oxygen atoms in total. The molecule has 1 atom stereocenters. The Hall–Kier alpha value is -1.13. The van der Waals surface area contributed by atoms with Crippen molar-refractivity contribution in [1.82, 2.24) is 4.98 Å². The molecule has 15 heavy (non-hydrogen) atoms. The largest absolute Gasteiger partial charge is 0.472 e. The SMILES string of the molecule is OCCc1ccc(O[C@@H]2CCOC2)nc1. The Kier molecular flexibility index (Phi) is 3.53. The van der Waals surface area contributed by atoms with Crippen LogP contribution in [0.25, 0.3) is 0 Å². The van der Waals surface area contributed by atoms with E-state index in [1.807, 2.05) is 12.1 Å². The van der Waals surface area contributed by atoms with Gasteiger partial charge in [0.1, 0.15) is 6.10 Å². The van der Waals surface area contributed by atoms with Crippen LogP contribution >= 0.6 is 0 Å². The third-order valence-corrected chi connectivity index (χ3v) is 2.37. The Morgan fingerprint density at radius 3 is 3.07 bits per heavy atom. The van der Waals surface area contributed by atoms with Gasteiger partial charge in [0, 0.05) is 25.3 Å². The van der Waals surface area contributed by atoms with Gasteiger partial charge in [0.25, 0.3) is 0 Å². The van der Waals surface area contributed by atoms with Crippen molar-refractivity contribution in [3.05, 3.63) is 23.9 Å². The van der Waals surface area contributed by atoms with E-state index >= 15 is 0 Å². The Labute approximate surface area is 88.9 Å². The molecule has 1 N–H and O–H groups in total. The summed E-state index contributed by atoms with van der Waals surface area (Å²) in [5.41, 5.74) is 1.02. The lowest BCUT2D eigenvalue weighted by molar-refractivity contribution is 0.138. The van der Waals surface area contributed by atoms with Crippen molar-refractivity contribution in [1.29, 1.82) is 0 Å². The average molecular weight is 209 g/mol. The van der Waals surface area contributed by atoms with E-state index in [0.717, 1.165) is 18.6 Å². The lowest BCUT2D eigenvalue weighted by atomic mass is 10.2. The number of aromatic nitrogens is 1. The minimum atomic E-state index is 0.140. The molecule has 2 rings (SSSR count). The second-order valence-electron chi connectivity index (χ2n) is 3.58. The van der Waals surface area contributed by atoms with Gasteiger partial charge >= 0.3 is 0 Å². The van der Waals surface area contributed by atoms with Crippen LogP contribution < -0.4 is 4.74 Å². The quantitative estimate of drug-likeness (QED) is 0.796. The Bertz CT molecular complexity index is 293. The molecule has 0 unspecified atom stereocenters. The number of rotatable bonds is 4. The Morgan fingerprint density at radius 2 is 2.47 bits per heavy atom. The molecule has 0 saturated carbocycles. The molecule has 1 fully saturated rings. The summed E-state index contributed by atoms with van der Waals surface area (Å²) < 4.78 is 10.8. The van der Waals surface area contributed by atoms with E-state index in [1.54, 1.807) is 6.20 Å². The number of aliphatic hydroxyl groups is 1. The normalized spacial score (nSPS) is 20.5. The first-order valence-corrected chi connectivity index (χ1v) is 5.18. The van der Waals surface area contributed by atoms with Crippen molar-refractivity contribution >= 4 is 0 Å². The predicted octanol–water partition coefficient (Wildman–Crippen LogP) is 0.784. The number of pyridine rings is 1. The molecule has 0 amide bonds. The van der Waals surface area contributed by atoms with Crippen molar-refractivity contribution in [3.8, 4) is 5.88 Å². The van der Waals surface area contributed by atoms with E-state index in [1.165, 1.54) is 0 Å². The minimum absolute atomic E-state index is 0.140. The summed E-state index contributed by atoms with van der Waals surface area (Å²) in [6, 6.07) is 3.76. The van der Waals surface area contributed by atoms with Crippen molar-refractivity contribution in [3.63, 3.8) is 0 Å². The summed E-state index contributed by atoms with van der Waals surface area (Å²) in [7, 11) is 0. The predicted molar refractivity (Wildman–Crippen MR) is 54.9 cm³/mol.